The summed E-state index contributed by atoms with van der Waals surface area (Å²) in [6.45, 7) is 1.76. The fourth-order valence-corrected chi connectivity index (χ4v) is 2.32. The Hall–Kier alpha value is -2.25. The number of aliphatic hydroxyl groups is 1. The molecule has 0 aliphatic carbocycles. The lowest BCUT2D eigenvalue weighted by molar-refractivity contribution is 0.0926. The van der Waals surface area contributed by atoms with E-state index in [1.807, 2.05) is 0 Å². The minimum atomic E-state index is -0.396. The second-order valence-corrected chi connectivity index (χ2v) is 5.07. The maximum absolute atomic E-state index is 12.0. The van der Waals surface area contributed by atoms with Crippen molar-refractivity contribution < 1.29 is 9.90 Å². The number of aromatic nitrogens is 3. The van der Waals surface area contributed by atoms with E-state index in [9.17, 15) is 9.90 Å². The van der Waals surface area contributed by atoms with Crippen molar-refractivity contribution in [1.29, 1.82) is 0 Å². The molecular formula is C14H17N5O2. The number of carbonyl (C=O) groups excluding carboxylic acids is 1. The second kappa shape index (κ2) is 6.02. The van der Waals surface area contributed by atoms with Crippen molar-refractivity contribution in [2.75, 3.05) is 19.6 Å². The summed E-state index contributed by atoms with van der Waals surface area (Å²) in [4.78, 5) is 20.2. The number of carbonyl (C=O) groups is 1. The van der Waals surface area contributed by atoms with Crippen LogP contribution in [0.2, 0.25) is 0 Å². The molecule has 0 spiro atoms. The molecule has 0 radical (unpaired) electrons. The van der Waals surface area contributed by atoms with E-state index < -0.39 is 6.10 Å². The van der Waals surface area contributed by atoms with Crippen LogP contribution in [0.4, 0.5) is 0 Å². The van der Waals surface area contributed by atoms with Gasteiger partial charge in [-0.05, 0) is 12.1 Å². The second-order valence-electron chi connectivity index (χ2n) is 5.07. The average Bonchev–Trinajstić information content (AvgIpc) is 3.17. The molecule has 7 nitrogen and oxygen atoms in total. The molecule has 0 bridgehead atoms. The van der Waals surface area contributed by atoms with Crippen molar-refractivity contribution in [3.05, 3.63) is 42.6 Å². The van der Waals surface area contributed by atoms with Crippen molar-refractivity contribution >= 4 is 5.91 Å². The van der Waals surface area contributed by atoms with Gasteiger partial charge in [-0.15, -0.1) is 0 Å². The predicted octanol–water partition coefficient (Wildman–Crippen LogP) is -0.423. The third-order valence-electron chi connectivity index (χ3n) is 3.61. The highest BCUT2D eigenvalue weighted by atomic mass is 16.3. The summed E-state index contributed by atoms with van der Waals surface area (Å²) in [5.74, 6) is 0.588. The summed E-state index contributed by atoms with van der Waals surface area (Å²) in [5.41, 5.74) is 0.499. The molecule has 2 atom stereocenters. The molecule has 2 aromatic heterocycles. The lowest BCUT2D eigenvalue weighted by Crippen LogP contribution is -2.34. The molecule has 2 aromatic rings. The van der Waals surface area contributed by atoms with Crippen LogP contribution < -0.4 is 10.6 Å². The molecule has 1 aliphatic heterocycles. The van der Waals surface area contributed by atoms with Crippen molar-refractivity contribution in [3.8, 4) is 5.82 Å². The number of β-amino-alcohol motifs (C(OH)–C–C–N with tert-alkyl or cyclic N) is 1. The Bertz CT molecular complexity index is 596. The first kappa shape index (κ1) is 13.7. The Morgan fingerprint density at radius 2 is 2.38 bits per heavy atom. The van der Waals surface area contributed by atoms with Gasteiger partial charge in [0.25, 0.3) is 5.91 Å². The Labute approximate surface area is 122 Å². The molecule has 1 amide bonds. The normalized spacial score (nSPS) is 21.4. The molecule has 1 aliphatic rings. The average molecular weight is 287 g/mol. The van der Waals surface area contributed by atoms with Gasteiger partial charge in [-0.3, -0.25) is 9.36 Å². The van der Waals surface area contributed by atoms with Crippen molar-refractivity contribution in [3.63, 3.8) is 0 Å². The number of nitrogens with zero attached hydrogens (tertiary/aromatic N) is 3. The van der Waals surface area contributed by atoms with Crippen LogP contribution in [0.25, 0.3) is 5.82 Å². The van der Waals surface area contributed by atoms with Crippen LogP contribution in [0, 0.1) is 5.92 Å². The van der Waals surface area contributed by atoms with Crippen LogP contribution in [0.5, 0.6) is 0 Å². The largest absolute Gasteiger partial charge is 0.391 e. The molecule has 3 heterocycles. The van der Waals surface area contributed by atoms with Gasteiger partial charge in [0.2, 0.25) is 0 Å². The zero-order valence-electron chi connectivity index (χ0n) is 11.4. The number of amides is 1. The minimum Gasteiger partial charge on any atom is -0.391 e. The SMILES string of the molecule is O=C(NCC1CNCC1O)c1ccc(-n2ccnc2)nc1. The highest BCUT2D eigenvalue weighted by Gasteiger charge is 2.25. The summed E-state index contributed by atoms with van der Waals surface area (Å²) in [6, 6.07) is 3.49. The lowest BCUT2D eigenvalue weighted by atomic mass is 10.1. The summed E-state index contributed by atoms with van der Waals surface area (Å²) in [7, 11) is 0. The number of imidazole rings is 1. The fraction of sp³-hybridized carbons (Fsp3) is 0.357. The molecule has 0 saturated carbocycles. The molecule has 7 heteroatoms. The van der Waals surface area contributed by atoms with Crippen LogP contribution in [-0.4, -0.2) is 51.3 Å². The Morgan fingerprint density at radius 3 is 3.00 bits per heavy atom. The van der Waals surface area contributed by atoms with Gasteiger partial charge in [0.05, 0.1) is 11.7 Å². The zero-order chi connectivity index (χ0) is 14.7. The number of nitrogens with one attached hydrogen (secondary N) is 2. The Morgan fingerprint density at radius 1 is 1.48 bits per heavy atom. The van der Waals surface area contributed by atoms with Gasteiger partial charge in [-0.2, -0.15) is 0 Å². The van der Waals surface area contributed by atoms with Gasteiger partial charge in [0.15, 0.2) is 0 Å². The van der Waals surface area contributed by atoms with Crippen molar-refractivity contribution in [2.24, 2.45) is 5.92 Å². The van der Waals surface area contributed by atoms with Crippen LogP contribution in [0.15, 0.2) is 37.1 Å². The van der Waals surface area contributed by atoms with E-state index in [-0.39, 0.29) is 11.8 Å². The van der Waals surface area contributed by atoms with E-state index in [4.69, 9.17) is 0 Å². The van der Waals surface area contributed by atoms with Gasteiger partial charge < -0.3 is 15.7 Å². The van der Waals surface area contributed by atoms with Gasteiger partial charge >= 0.3 is 0 Å². The van der Waals surface area contributed by atoms with E-state index in [1.54, 1.807) is 35.4 Å². The Balaban J connectivity index is 1.60. The molecule has 2 unspecified atom stereocenters. The van der Waals surface area contributed by atoms with Crippen molar-refractivity contribution in [2.45, 2.75) is 6.10 Å². The summed E-state index contributed by atoms with van der Waals surface area (Å²) < 4.78 is 1.77. The highest BCUT2D eigenvalue weighted by Crippen LogP contribution is 2.08. The molecule has 1 fully saturated rings. The summed E-state index contributed by atoms with van der Waals surface area (Å²) in [5, 5.41) is 15.6. The monoisotopic (exact) mass is 287 g/mol. The first-order chi connectivity index (χ1) is 10.2. The molecule has 0 aromatic carbocycles. The van der Waals surface area contributed by atoms with E-state index in [0.717, 1.165) is 6.54 Å². The van der Waals surface area contributed by atoms with Gasteiger partial charge in [-0.1, -0.05) is 0 Å². The van der Waals surface area contributed by atoms with Crippen LogP contribution in [0.1, 0.15) is 10.4 Å². The topological polar surface area (TPSA) is 92.1 Å². The first-order valence-electron chi connectivity index (χ1n) is 6.85. The third-order valence-corrected chi connectivity index (χ3v) is 3.61. The number of pyridine rings is 1. The minimum absolute atomic E-state index is 0.0622. The van der Waals surface area contributed by atoms with Gasteiger partial charge in [0, 0.05) is 44.1 Å². The van der Waals surface area contributed by atoms with Gasteiger partial charge in [-0.25, -0.2) is 9.97 Å². The smallest absolute Gasteiger partial charge is 0.252 e. The molecule has 3 rings (SSSR count). The number of hydrogen-bond acceptors (Lipinski definition) is 5. The predicted molar refractivity (Wildman–Crippen MR) is 76.1 cm³/mol. The maximum Gasteiger partial charge on any atom is 0.252 e. The van der Waals surface area contributed by atoms with E-state index in [2.05, 4.69) is 20.6 Å². The van der Waals surface area contributed by atoms with Crippen LogP contribution in [0.3, 0.4) is 0 Å². The van der Waals surface area contributed by atoms with Crippen molar-refractivity contribution in [1.82, 2.24) is 25.2 Å². The first-order valence-corrected chi connectivity index (χ1v) is 6.85. The third kappa shape index (κ3) is 3.09. The summed E-state index contributed by atoms with van der Waals surface area (Å²) in [6.07, 6.45) is 6.25. The Kier molecular flexibility index (Phi) is 3.94. The van der Waals surface area contributed by atoms with Crippen LogP contribution >= 0.6 is 0 Å². The van der Waals surface area contributed by atoms with Gasteiger partial charge in [0.1, 0.15) is 12.1 Å². The fourth-order valence-electron chi connectivity index (χ4n) is 2.32. The summed E-state index contributed by atoms with van der Waals surface area (Å²) >= 11 is 0. The molecule has 1 saturated heterocycles. The number of rotatable bonds is 4. The van der Waals surface area contributed by atoms with E-state index in [0.29, 0.717) is 24.5 Å². The number of aliphatic hydroxyl groups excluding tert-OH is 1. The van der Waals surface area contributed by atoms with Crippen LogP contribution in [-0.2, 0) is 0 Å². The number of hydrogen-bond donors (Lipinski definition) is 3. The zero-order valence-corrected chi connectivity index (χ0v) is 11.4. The van der Waals surface area contributed by atoms with E-state index in [1.165, 1.54) is 6.20 Å². The molecule has 21 heavy (non-hydrogen) atoms. The standard InChI is InChI=1S/C14H17N5O2/c20-12-8-16-5-11(12)7-18-14(21)10-1-2-13(17-6-10)19-4-3-15-9-19/h1-4,6,9,11-12,16,20H,5,7-8H2,(H,18,21). The quantitative estimate of drug-likeness (QED) is 0.710. The molecule has 3 N–H and O–H groups in total. The van der Waals surface area contributed by atoms with E-state index >= 15 is 0 Å². The highest BCUT2D eigenvalue weighted by molar-refractivity contribution is 5.93. The lowest BCUT2D eigenvalue weighted by Gasteiger charge is -2.14. The molecule has 110 valence electrons. The maximum atomic E-state index is 12.0. The molecular weight excluding hydrogens is 270 g/mol.